The van der Waals surface area contributed by atoms with E-state index >= 15 is 0 Å². The molecule has 1 fully saturated rings. The zero-order chi connectivity index (χ0) is 6.81. The van der Waals surface area contributed by atoms with Gasteiger partial charge in [-0.05, 0) is 25.0 Å². The highest BCUT2D eigenvalue weighted by Crippen LogP contribution is 2.22. The molecule has 10 heavy (non-hydrogen) atoms. The van der Waals surface area contributed by atoms with Crippen molar-refractivity contribution in [3.63, 3.8) is 0 Å². The van der Waals surface area contributed by atoms with Gasteiger partial charge in [0.1, 0.15) is 5.76 Å². The molecule has 0 aromatic carbocycles. The highest BCUT2D eigenvalue weighted by Gasteiger charge is 2.21. The molecule has 2 rings (SSSR count). The molecule has 0 aromatic heterocycles. The normalized spacial score (nSPS) is 29.6. The van der Waals surface area contributed by atoms with E-state index in [1.165, 1.54) is 0 Å². The van der Waals surface area contributed by atoms with Crippen LogP contribution in [-0.2, 0) is 9.47 Å². The molecular weight excluding hydrogens is 128 g/mol. The Morgan fingerprint density at radius 3 is 3.40 bits per heavy atom. The highest BCUT2D eigenvalue weighted by molar-refractivity contribution is 5.15. The van der Waals surface area contributed by atoms with Gasteiger partial charge in [0, 0.05) is 0 Å². The fourth-order valence-electron chi connectivity index (χ4n) is 1.26. The molecule has 1 atom stereocenters. The molecule has 1 saturated heterocycles. The van der Waals surface area contributed by atoms with Crippen LogP contribution in [0.1, 0.15) is 12.8 Å². The first-order valence-corrected chi connectivity index (χ1v) is 3.62. The predicted octanol–water partition coefficient (Wildman–Crippen LogP) is 1.59. The van der Waals surface area contributed by atoms with Gasteiger partial charge in [-0.1, -0.05) is 0 Å². The number of allylic oxidation sites excluding steroid dienone is 2. The van der Waals surface area contributed by atoms with Crippen LogP contribution in [0.2, 0.25) is 0 Å². The first-order valence-electron chi connectivity index (χ1n) is 3.62. The average molecular weight is 138 g/mol. The molecule has 2 aliphatic heterocycles. The summed E-state index contributed by atoms with van der Waals surface area (Å²) in [5.74, 6) is 0.994. The topological polar surface area (TPSA) is 18.5 Å². The summed E-state index contributed by atoms with van der Waals surface area (Å²) in [6.45, 7) is 0.847. The third kappa shape index (κ3) is 0.897. The molecule has 0 N–H and O–H groups in total. The first-order chi connectivity index (χ1) is 4.97. The van der Waals surface area contributed by atoms with Gasteiger partial charge in [-0.2, -0.15) is 0 Å². The van der Waals surface area contributed by atoms with E-state index in [-0.39, 0.29) is 6.10 Å². The molecule has 2 nitrogen and oxygen atoms in total. The fraction of sp³-hybridized carbons (Fsp3) is 0.500. The lowest BCUT2D eigenvalue weighted by Crippen LogP contribution is -2.23. The summed E-state index contributed by atoms with van der Waals surface area (Å²) in [6, 6.07) is 0. The Morgan fingerprint density at radius 1 is 1.50 bits per heavy atom. The predicted molar refractivity (Wildman–Crippen MR) is 37.3 cm³/mol. The van der Waals surface area contributed by atoms with Crippen molar-refractivity contribution in [2.45, 2.75) is 18.9 Å². The van der Waals surface area contributed by atoms with Crippen molar-refractivity contribution >= 4 is 0 Å². The number of hydrogen-bond acceptors (Lipinski definition) is 2. The smallest absolute Gasteiger partial charge is 0.155 e. The van der Waals surface area contributed by atoms with Crippen LogP contribution in [0.15, 0.2) is 24.2 Å². The molecule has 0 amide bonds. The second-order valence-electron chi connectivity index (χ2n) is 2.51. The van der Waals surface area contributed by atoms with Crippen molar-refractivity contribution < 1.29 is 9.47 Å². The lowest BCUT2D eigenvalue weighted by molar-refractivity contribution is 0.0404. The van der Waals surface area contributed by atoms with Crippen molar-refractivity contribution in [3.05, 3.63) is 24.2 Å². The summed E-state index contributed by atoms with van der Waals surface area (Å²) in [4.78, 5) is 0. The Balaban J connectivity index is 2.14. The molecule has 2 heteroatoms. The van der Waals surface area contributed by atoms with E-state index in [1.807, 2.05) is 12.2 Å². The summed E-state index contributed by atoms with van der Waals surface area (Å²) in [7, 11) is 0. The Hall–Kier alpha value is -0.920. The van der Waals surface area contributed by atoms with Gasteiger partial charge >= 0.3 is 0 Å². The molecule has 1 unspecified atom stereocenters. The summed E-state index contributed by atoms with van der Waals surface area (Å²) in [5, 5.41) is 0. The van der Waals surface area contributed by atoms with Gasteiger partial charge in [-0.3, -0.25) is 0 Å². The number of ether oxygens (including phenoxy) is 2. The minimum Gasteiger partial charge on any atom is -0.494 e. The Kier molecular flexibility index (Phi) is 1.38. The minimum atomic E-state index is 0.207. The van der Waals surface area contributed by atoms with Crippen molar-refractivity contribution in [3.8, 4) is 0 Å². The third-order valence-electron chi connectivity index (χ3n) is 1.78. The molecule has 0 aliphatic carbocycles. The maximum Gasteiger partial charge on any atom is 0.155 e. The number of hydrogen-bond donors (Lipinski definition) is 0. The zero-order valence-electron chi connectivity index (χ0n) is 5.75. The first kappa shape index (κ1) is 5.83. The molecule has 54 valence electrons. The molecule has 0 bridgehead atoms. The highest BCUT2D eigenvalue weighted by atomic mass is 16.5. The van der Waals surface area contributed by atoms with Gasteiger partial charge in [0.05, 0.1) is 12.9 Å². The maximum absolute atomic E-state index is 5.37. The molecule has 0 spiro atoms. The Bertz CT molecular complexity index is 182. The maximum atomic E-state index is 5.37. The van der Waals surface area contributed by atoms with E-state index in [0.717, 1.165) is 25.2 Å². The lowest BCUT2D eigenvalue weighted by Gasteiger charge is -2.26. The quantitative estimate of drug-likeness (QED) is 0.506. The summed E-state index contributed by atoms with van der Waals surface area (Å²) < 4.78 is 10.7. The van der Waals surface area contributed by atoms with Gasteiger partial charge < -0.3 is 9.47 Å². The van der Waals surface area contributed by atoms with E-state index in [2.05, 4.69) is 0 Å². The van der Waals surface area contributed by atoms with E-state index < -0.39 is 0 Å². The number of rotatable bonds is 0. The van der Waals surface area contributed by atoms with Crippen LogP contribution in [0.3, 0.4) is 0 Å². The van der Waals surface area contributed by atoms with Gasteiger partial charge in [-0.25, -0.2) is 0 Å². The molecule has 2 heterocycles. The molecular formula is C8H10O2. The second kappa shape index (κ2) is 2.37. The monoisotopic (exact) mass is 138 g/mol. The number of fused-ring (bicyclic) bond motifs is 1. The minimum absolute atomic E-state index is 0.207. The second-order valence-corrected chi connectivity index (χ2v) is 2.51. The van der Waals surface area contributed by atoms with Crippen molar-refractivity contribution in [2.75, 3.05) is 6.61 Å². The summed E-state index contributed by atoms with van der Waals surface area (Å²) in [6.07, 6.45) is 7.98. The van der Waals surface area contributed by atoms with E-state index in [1.54, 1.807) is 6.26 Å². The molecule has 0 radical (unpaired) electrons. The van der Waals surface area contributed by atoms with E-state index in [4.69, 9.17) is 9.47 Å². The van der Waals surface area contributed by atoms with Crippen LogP contribution in [0.5, 0.6) is 0 Å². The fourth-order valence-corrected chi connectivity index (χ4v) is 1.26. The van der Waals surface area contributed by atoms with Crippen LogP contribution in [0, 0.1) is 0 Å². The zero-order valence-corrected chi connectivity index (χ0v) is 5.75. The van der Waals surface area contributed by atoms with Crippen molar-refractivity contribution in [1.29, 1.82) is 0 Å². The van der Waals surface area contributed by atoms with E-state index in [9.17, 15) is 0 Å². The van der Waals surface area contributed by atoms with Crippen LogP contribution >= 0.6 is 0 Å². The van der Waals surface area contributed by atoms with Crippen LogP contribution in [-0.4, -0.2) is 12.7 Å². The van der Waals surface area contributed by atoms with Gasteiger partial charge in [0.25, 0.3) is 0 Å². The van der Waals surface area contributed by atoms with E-state index in [0.29, 0.717) is 0 Å². The molecule has 0 aromatic rings. The SMILES string of the molecule is C1=COC2CCCOC2=C1. The van der Waals surface area contributed by atoms with Crippen LogP contribution in [0.4, 0.5) is 0 Å². The van der Waals surface area contributed by atoms with Gasteiger partial charge in [0.2, 0.25) is 0 Å². The van der Waals surface area contributed by atoms with Crippen molar-refractivity contribution in [1.82, 2.24) is 0 Å². The third-order valence-corrected chi connectivity index (χ3v) is 1.78. The standard InChI is InChI=1S/C8H10O2/c1-3-7-8(9-5-1)4-2-6-10-7/h1,3,5,8H,2,4,6H2. The molecule has 2 aliphatic rings. The Labute approximate surface area is 60.1 Å². The largest absolute Gasteiger partial charge is 0.494 e. The summed E-state index contributed by atoms with van der Waals surface area (Å²) in [5.41, 5.74) is 0. The average Bonchev–Trinajstić information content (AvgIpc) is 2.05. The van der Waals surface area contributed by atoms with Crippen LogP contribution in [0.25, 0.3) is 0 Å². The van der Waals surface area contributed by atoms with Gasteiger partial charge in [0.15, 0.2) is 6.10 Å². The lowest BCUT2D eigenvalue weighted by atomic mass is 10.1. The van der Waals surface area contributed by atoms with Crippen molar-refractivity contribution in [2.24, 2.45) is 0 Å². The summed E-state index contributed by atoms with van der Waals surface area (Å²) >= 11 is 0. The molecule has 0 saturated carbocycles. The Morgan fingerprint density at radius 2 is 2.50 bits per heavy atom. The van der Waals surface area contributed by atoms with Crippen LogP contribution < -0.4 is 0 Å². The van der Waals surface area contributed by atoms with Gasteiger partial charge in [-0.15, -0.1) is 0 Å².